The summed E-state index contributed by atoms with van der Waals surface area (Å²) in [6, 6.07) is 18.7. The molecule has 1 atom stereocenters. The summed E-state index contributed by atoms with van der Waals surface area (Å²) in [6.07, 6.45) is 0.129. The Morgan fingerprint density at radius 2 is 1.58 bits per heavy atom. The minimum absolute atomic E-state index is 0.136. The average Bonchev–Trinajstić information content (AvgIpc) is 2.58. The number of carbonyl (C=O) groups excluding carboxylic acids is 1. The summed E-state index contributed by atoms with van der Waals surface area (Å²) >= 11 is 0. The largest absolute Gasteiger partial charge is 0.479 e. The summed E-state index contributed by atoms with van der Waals surface area (Å²) in [5.74, 6) is -0.991. The predicted octanol–water partition coefficient (Wildman–Crippen LogP) is 3.10. The van der Waals surface area contributed by atoms with Gasteiger partial charge in [-0.05, 0) is 17.5 Å². The monoisotopic (exact) mass is 325 g/mol. The van der Waals surface area contributed by atoms with Gasteiger partial charge in [-0.2, -0.15) is 0 Å². The van der Waals surface area contributed by atoms with Gasteiger partial charge in [0, 0.05) is 13.0 Å². The molecular formula is C19H19NO4. The van der Waals surface area contributed by atoms with Gasteiger partial charge < -0.3 is 9.84 Å². The number of carboxylic acid groups (broad SMARTS) is 1. The Bertz CT molecular complexity index is 717. The Kier molecular flexibility index (Phi) is 4.51. The molecule has 0 saturated carbocycles. The second-order valence-electron chi connectivity index (χ2n) is 5.94. The van der Waals surface area contributed by atoms with E-state index in [9.17, 15) is 14.7 Å². The minimum atomic E-state index is -1.21. The molecule has 1 unspecified atom stereocenters. The number of amides is 1. The van der Waals surface area contributed by atoms with Crippen molar-refractivity contribution in [2.45, 2.75) is 25.0 Å². The average molecular weight is 325 g/mol. The van der Waals surface area contributed by atoms with Crippen LogP contribution >= 0.6 is 0 Å². The summed E-state index contributed by atoms with van der Waals surface area (Å²) < 4.78 is 5.30. The molecule has 0 bridgehead atoms. The summed E-state index contributed by atoms with van der Waals surface area (Å²) in [4.78, 5) is 25.5. The number of benzene rings is 2. The molecule has 3 rings (SSSR count). The molecular weight excluding hydrogens is 306 g/mol. The molecule has 24 heavy (non-hydrogen) atoms. The highest BCUT2D eigenvalue weighted by Crippen LogP contribution is 2.35. The van der Waals surface area contributed by atoms with Crippen LogP contribution in [0.5, 0.6) is 0 Å². The van der Waals surface area contributed by atoms with Crippen molar-refractivity contribution in [2.75, 3.05) is 6.54 Å². The van der Waals surface area contributed by atoms with Gasteiger partial charge in [0.25, 0.3) is 0 Å². The second kappa shape index (κ2) is 6.74. The number of ether oxygens (including phenoxy) is 1. The van der Waals surface area contributed by atoms with Crippen molar-refractivity contribution < 1.29 is 19.4 Å². The first-order chi connectivity index (χ1) is 11.6. The third-order valence-electron chi connectivity index (χ3n) is 4.43. The van der Waals surface area contributed by atoms with Crippen molar-refractivity contribution in [3.05, 3.63) is 71.8 Å². The molecule has 5 nitrogen and oxygen atoms in total. The van der Waals surface area contributed by atoms with Crippen molar-refractivity contribution in [3.8, 4) is 0 Å². The van der Waals surface area contributed by atoms with Crippen LogP contribution < -0.4 is 0 Å². The van der Waals surface area contributed by atoms with Crippen LogP contribution in [-0.2, 0) is 22.6 Å². The Labute approximate surface area is 140 Å². The van der Waals surface area contributed by atoms with Gasteiger partial charge in [-0.1, -0.05) is 60.7 Å². The molecule has 1 N–H and O–H groups in total. The van der Waals surface area contributed by atoms with Crippen molar-refractivity contribution in [1.29, 1.82) is 0 Å². The zero-order chi connectivity index (χ0) is 17.0. The van der Waals surface area contributed by atoms with E-state index in [2.05, 4.69) is 0 Å². The number of carboxylic acids is 1. The molecule has 0 radical (unpaired) electrons. The number of rotatable bonds is 5. The molecule has 1 aliphatic rings. The van der Waals surface area contributed by atoms with Crippen LogP contribution in [0.3, 0.4) is 0 Å². The molecule has 0 aromatic heterocycles. The summed E-state index contributed by atoms with van der Waals surface area (Å²) in [7, 11) is 0. The predicted molar refractivity (Wildman–Crippen MR) is 88.5 cm³/mol. The van der Waals surface area contributed by atoms with Gasteiger partial charge in [-0.25, -0.2) is 9.59 Å². The van der Waals surface area contributed by atoms with Crippen LogP contribution in [0.25, 0.3) is 0 Å². The number of hydrogen-bond donors (Lipinski definition) is 1. The van der Waals surface area contributed by atoms with Crippen LogP contribution in [0.4, 0.5) is 4.79 Å². The fourth-order valence-electron chi connectivity index (χ4n) is 2.97. The van der Waals surface area contributed by atoms with Gasteiger partial charge in [0.05, 0.1) is 0 Å². The van der Waals surface area contributed by atoms with E-state index in [1.54, 1.807) is 0 Å². The van der Waals surface area contributed by atoms with Crippen LogP contribution in [0.15, 0.2) is 60.7 Å². The quantitative estimate of drug-likeness (QED) is 0.917. The van der Waals surface area contributed by atoms with Gasteiger partial charge in [0.15, 0.2) is 0 Å². The smallest absolute Gasteiger partial charge is 0.411 e. The molecule has 2 aromatic carbocycles. The highest BCUT2D eigenvalue weighted by molar-refractivity contribution is 5.86. The van der Waals surface area contributed by atoms with Crippen molar-refractivity contribution in [2.24, 2.45) is 0 Å². The molecule has 1 heterocycles. The first kappa shape index (κ1) is 16.1. The van der Waals surface area contributed by atoms with Gasteiger partial charge in [0.2, 0.25) is 0 Å². The lowest BCUT2D eigenvalue weighted by molar-refractivity contribution is -0.159. The number of likely N-dealkylation sites (tertiary alicyclic amines) is 1. The highest BCUT2D eigenvalue weighted by atomic mass is 16.6. The van der Waals surface area contributed by atoms with Gasteiger partial charge in [0.1, 0.15) is 12.1 Å². The molecule has 1 saturated heterocycles. The molecule has 1 aliphatic heterocycles. The lowest BCUT2D eigenvalue weighted by Gasteiger charge is -2.48. The minimum Gasteiger partial charge on any atom is -0.479 e. The highest BCUT2D eigenvalue weighted by Gasteiger charge is 2.54. The van der Waals surface area contributed by atoms with Crippen molar-refractivity contribution in [1.82, 2.24) is 4.90 Å². The van der Waals surface area contributed by atoms with Crippen molar-refractivity contribution >= 4 is 12.1 Å². The number of carbonyl (C=O) groups is 2. The van der Waals surface area contributed by atoms with E-state index in [-0.39, 0.29) is 13.0 Å². The normalized spacial score (nSPS) is 19.4. The van der Waals surface area contributed by atoms with E-state index in [0.29, 0.717) is 13.0 Å². The third kappa shape index (κ3) is 3.11. The summed E-state index contributed by atoms with van der Waals surface area (Å²) in [6.45, 7) is 0.532. The van der Waals surface area contributed by atoms with E-state index < -0.39 is 17.6 Å². The fraction of sp³-hybridized carbons (Fsp3) is 0.263. The van der Waals surface area contributed by atoms with Crippen LogP contribution in [0.1, 0.15) is 17.5 Å². The first-order valence-corrected chi connectivity index (χ1v) is 7.87. The Balaban J connectivity index is 1.69. The number of aliphatic carboxylic acids is 1. The van der Waals surface area contributed by atoms with Gasteiger partial charge in [-0.15, -0.1) is 0 Å². The molecule has 2 aromatic rings. The SMILES string of the molecule is O=C(OCc1ccccc1)N1CCC1(Cc1ccccc1)C(=O)O. The Morgan fingerprint density at radius 3 is 2.08 bits per heavy atom. The molecule has 1 fully saturated rings. The zero-order valence-corrected chi connectivity index (χ0v) is 13.2. The Morgan fingerprint density at radius 1 is 1.00 bits per heavy atom. The standard InChI is InChI=1S/C19H19NO4/c21-17(22)19(13-15-7-3-1-4-8-15)11-12-20(19)18(23)24-14-16-9-5-2-6-10-16/h1-10H,11-14H2,(H,21,22). The van der Waals surface area contributed by atoms with Crippen LogP contribution in [0, 0.1) is 0 Å². The maximum Gasteiger partial charge on any atom is 0.411 e. The number of hydrogen-bond acceptors (Lipinski definition) is 3. The van der Waals surface area contributed by atoms with E-state index in [1.807, 2.05) is 60.7 Å². The van der Waals surface area contributed by atoms with E-state index in [1.165, 1.54) is 4.90 Å². The van der Waals surface area contributed by atoms with Crippen molar-refractivity contribution in [3.63, 3.8) is 0 Å². The Hall–Kier alpha value is -2.82. The van der Waals surface area contributed by atoms with Crippen LogP contribution in [0.2, 0.25) is 0 Å². The van der Waals surface area contributed by atoms with E-state index in [0.717, 1.165) is 11.1 Å². The summed E-state index contributed by atoms with van der Waals surface area (Å²) in [5, 5.41) is 9.70. The lowest BCUT2D eigenvalue weighted by atomic mass is 9.79. The van der Waals surface area contributed by atoms with Gasteiger partial charge in [-0.3, -0.25) is 4.90 Å². The molecule has 1 amide bonds. The topological polar surface area (TPSA) is 66.8 Å². The zero-order valence-electron chi connectivity index (χ0n) is 13.2. The third-order valence-corrected chi connectivity index (χ3v) is 4.43. The number of nitrogens with zero attached hydrogens (tertiary/aromatic N) is 1. The molecule has 5 heteroatoms. The summed E-state index contributed by atoms with van der Waals surface area (Å²) in [5.41, 5.74) is 0.547. The van der Waals surface area contributed by atoms with Gasteiger partial charge >= 0.3 is 12.1 Å². The lowest BCUT2D eigenvalue weighted by Crippen LogP contribution is -2.67. The molecule has 0 aliphatic carbocycles. The fourth-order valence-corrected chi connectivity index (χ4v) is 2.97. The maximum absolute atomic E-state index is 12.3. The first-order valence-electron chi connectivity index (χ1n) is 7.87. The molecule has 0 spiro atoms. The maximum atomic E-state index is 12.3. The van der Waals surface area contributed by atoms with Crippen LogP contribution in [-0.4, -0.2) is 34.2 Å². The molecule has 124 valence electrons. The van der Waals surface area contributed by atoms with E-state index >= 15 is 0 Å². The second-order valence-corrected chi connectivity index (χ2v) is 5.94. The van der Waals surface area contributed by atoms with E-state index in [4.69, 9.17) is 4.74 Å².